The highest BCUT2D eigenvalue weighted by Gasteiger charge is 2.15. The Morgan fingerprint density at radius 1 is 1.27 bits per heavy atom. The lowest BCUT2D eigenvalue weighted by Crippen LogP contribution is -2.19. The zero-order valence-corrected chi connectivity index (χ0v) is 8.48. The van der Waals surface area contributed by atoms with Gasteiger partial charge >= 0.3 is 0 Å². The van der Waals surface area contributed by atoms with Crippen LogP contribution in [-0.4, -0.2) is 14.5 Å². The van der Waals surface area contributed by atoms with Crippen molar-refractivity contribution >= 4 is 11.1 Å². The molecular formula is C8H17O2S-. The molecule has 0 aromatic heterocycles. The van der Waals surface area contributed by atoms with E-state index in [1.807, 2.05) is 6.92 Å². The van der Waals surface area contributed by atoms with Crippen LogP contribution in [0.25, 0.3) is 0 Å². The van der Waals surface area contributed by atoms with Gasteiger partial charge in [0.05, 0.1) is 0 Å². The maximum absolute atomic E-state index is 10.3. The van der Waals surface area contributed by atoms with Crippen molar-refractivity contribution < 1.29 is 8.76 Å². The Balaban J connectivity index is 3.82. The molecule has 0 aliphatic heterocycles. The van der Waals surface area contributed by atoms with Crippen molar-refractivity contribution in [1.29, 1.82) is 0 Å². The summed E-state index contributed by atoms with van der Waals surface area (Å²) >= 11 is -1.88. The molecule has 0 bridgehead atoms. The summed E-state index contributed by atoms with van der Waals surface area (Å²) in [4.78, 5) is 0. The second-order valence-corrected chi connectivity index (χ2v) is 4.49. The zero-order chi connectivity index (χ0) is 9.02. The highest BCUT2D eigenvalue weighted by molar-refractivity contribution is 7.79. The fraction of sp³-hybridized carbons (Fsp3) is 1.00. The van der Waals surface area contributed by atoms with Gasteiger partial charge in [-0.15, -0.1) is 0 Å². The minimum atomic E-state index is -1.88. The minimum absolute atomic E-state index is 0.272. The third-order valence-corrected chi connectivity index (χ3v) is 3.15. The maximum atomic E-state index is 10.3. The third kappa shape index (κ3) is 4.53. The van der Waals surface area contributed by atoms with Crippen molar-refractivity contribution in [3.8, 4) is 0 Å². The Kier molecular flexibility index (Phi) is 4.93. The van der Waals surface area contributed by atoms with Crippen LogP contribution in [0.15, 0.2) is 0 Å². The molecule has 0 saturated carbocycles. The molecule has 0 saturated heterocycles. The van der Waals surface area contributed by atoms with Crippen LogP contribution < -0.4 is 0 Å². The second kappa shape index (κ2) is 4.88. The van der Waals surface area contributed by atoms with Crippen LogP contribution in [0.1, 0.15) is 27.7 Å². The first-order valence-electron chi connectivity index (χ1n) is 4.01. The smallest absolute Gasteiger partial charge is 0.0130 e. The topological polar surface area (TPSA) is 40.1 Å². The summed E-state index contributed by atoms with van der Waals surface area (Å²) in [5.74, 6) is 1.61. The molecule has 0 heterocycles. The molecule has 0 spiro atoms. The van der Waals surface area contributed by atoms with E-state index in [4.69, 9.17) is 0 Å². The lowest BCUT2D eigenvalue weighted by atomic mass is 9.87. The fourth-order valence-electron chi connectivity index (χ4n) is 1.02. The Morgan fingerprint density at radius 2 is 1.73 bits per heavy atom. The Morgan fingerprint density at radius 3 is 2.00 bits per heavy atom. The van der Waals surface area contributed by atoms with Gasteiger partial charge < -0.3 is 4.55 Å². The lowest BCUT2D eigenvalue weighted by molar-refractivity contribution is 0.316. The first-order chi connectivity index (χ1) is 4.95. The van der Waals surface area contributed by atoms with E-state index in [2.05, 4.69) is 20.8 Å². The summed E-state index contributed by atoms with van der Waals surface area (Å²) in [6.07, 6.45) is 0. The summed E-state index contributed by atoms with van der Waals surface area (Å²) in [6.45, 7) is 8.33. The van der Waals surface area contributed by atoms with Gasteiger partial charge in [-0.1, -0.05) is 38.8 Å². The van der Waals surface area contributed by atoms with Gasteiger partial charge in [0, 0.05) is 5.75 Å². The predicted molar refractivity (Wildman–Crippen MR) is 47.0 cm³/mol. The Labute approximate surface area is 71.7 Å². The van der Waals surface area contributed by atoms with E-state index in [1.54, 1.807) is 0 Å². The van der Waals surface area contributed by atoms with E-state index in [9.17, 15) is 8.76 Å². The molecule has 0 N–H and O–H groups in total. The summed E-state index contributed by atoms with van der Waals surface area (Å²) in [7, 11) is 0. The van der Waals surface area contributed by atoms with E-state index in [1.165, 1.54) is 0 Å². The molecule has 0 fully saturated rings. The average molecular weight is 177 g/mol. The SMILES string of the molecule is CC(C)C(C)C(C)CS(=O)[O-]. The highest BCUT2D eigenvalue weighted by atomic mass is 32.2. The molecule has 0 rings (SSSR count). The van der Waals surface area contributed by atoms with E-state index >= 15 is 0 Å². The quantitative estimate of drug-likeness (QED) is 0.614. The van der Waals surface area contributed by atoms with Crippen molar-refractivity contribution in [2.45, 2.75) is 27.7 Å². The monoisotopic (exact) mass is 177 g/mol. The molecule has 0 aliphatic rings. The Hall–Kier alpha value is 0.110. The van der Waals surface area contributed by atoms with Gasteiger partial charge in [-0.3, -0.25) is 4.21 Å². The van der Waals surface area contributed by atoms with Crippen LogP contribution in [0.5, 0.6) is 0 Å². The van der Waals surface area contributed by atoms with Gasteiger partial charge in [-0.25, -0.2) is 0 Å². The van der Waals surface area contributed by atoms with E-state index in [-0.39, 0.29) is 5.92 Å². The van der Waals surface area contributed by atoms with Crippen molar-refractivity contribution in [2.75, 3.05) is 5.75 Å². The maximum Gasteiger partial charge on any atom is 0.0130 e. The van der Waals surface area contributed by atoms with Crippen LogP contribution in [0.4, 0.5) is 0 Å². The van der Waals surface area contributed by atoms with Gasteiger partial charge in [0.2, 0.25) is 0 Å². The fourth-order valence-corrected chi connectivity index (χ4v) is 1.76. The van der Waals surface area contributed by atoms with Crippen molar-refractivity contribution in [3.05, 3.63) is 0 Å². The number of hydrogen-bond acceptors (Lipinski definition) is 2. The van der Waals surface area contributed by atoms with Crippen LogP contribution in [0, 0.1) is 17.8 Å². The standard InChI is InChI=1S/C8H18O2S/c1-6(2)8(4)7(3)5-11(9)10/h6-8H,5H2,1-4H3,(H,9,10)/p-1. The molecule has 3 heteroatoms. The van der Waals surface area contributed by atoms with Gasteiger partial charge in [0.15, 0.2) is 0 Å². The van der Waals surface area contributed by atoms with Gasteiger partial charge in [-0.05, 0) is 17.8 Å². The van der Waals surface area contributed by atoms with Crippen molar-refractivity contribution in [2.24, 2.45) is 17.8 Å². The van der Waals surface area contributed by atoms with E-state index in [0.717, 1.165) is 0 Å². The lowest BCUT2D eigenvalue weighted by Gasteiger charge is -2.23. The molecule has 68 valence electrons. The zero-order valence-electron chi connectivity index (χ0n) is 7.66. The molecule has 0 aliphatic carbocycles. The van der Waals surface area contributed by atoms with E-state index in [0.29, 0.717) is 17.6 Å². The molecule has 11 heavy (non-hydrogen) atoms. The van der Waals surface area contributed by atoms with Crippen LogP contribution in [0.3, 0.4) is 0 Å². The van der Waals surface area contributed by atoms with Crippen molar-refractivity contribution in [3.63, 3.8) is 0 Å². The summed E-state index contributed by atoms with van der Waals surface area (Å²) in [6, 6.07) is 0. The second-order valence-electron chi connectivity index (χ2n) is 3.55. The Bertz CT molecular complexity index is 134. The average Bonchev–Trinajstić information content (AvgIpc) is 1.84. The van der Waals surface area contributed by atoms with Crippen LogP contribution in [0.2, 0.25) is 0 Å². The summed E-state index contributed by atoms with van der Waals surface area (Å²) in [5, 5.41) is 0. The summed E-state index contributed by atoms with van der Waals surface area (Å²) in [5.41, 5.74) is 0. The van der Waals surface area contributed by atoms with Gasteiger partial charge in [0.1, 0.15) is 0 Å². The van der Waals surface area contributed by atoms with E-state index < -0.39 is 11.1 Å². The number of rotatable bonds is 4. The van der Waals surface area contributed by atoms with Crippen LogP contribution in [-0.2, 0) is 11.1 Å². The molecule has 3 unspecified atom stereocenters. The summed E-state index contributed by atoms with van der Waals surface area (Å²) < 4.78 is 20.7. The largest absolute Gasteiger partial charge is 0.772 e. The molecule has 2 nitrogen and oxygen atoms in total. The molecule has 3 atom stereocenters. The van der Waals surface area contributed by atoms with Crippen molar-refractivity contribution in [1.82, 2.24) is 0 Å². The number of hydrogen-bond donors (Lipinski definition) is 0. The molecule has 0 radical (unpaired) electrons. The van der Waals surface area contributed by atoms with Crippen LogP contribution >= 0.6 is 0 Å². The predicted octanol–water partition coefficient (Wildman–Crippen LogP) is 1.79. The molecule has 0 aromatic carbocycles. The highest BCUT2D eigenvalue weighted by Crippen LogP contribution is 2.20. The first kappa shape index (κ1) is 11.1. The first-order valence-corrected chi connectivity index (χ1v) is 5.25. The molecular weight excluding hydrogens is 160 g/mol. The minimum Gasteiger partial charge on any atom is -0.772 e. The molecule has 0 aromatic rings. The van der Waals surface area contributed by atoms with Gasteiger partial charge in [-0.2, -0.15) is 0 Å². The normalized spacial score (nSPS) is 19.8. The molecule has 0 amide bonds. The van der Waals surface area contributed by atoms with Gasteiger partial charge in [0.25, 0.3) is 0 Å². The third-order valence-electron chi connectivity index (χ3n) is 2.35.